The minimum Gasteiger partial charge on any atom is -0.498 e. The van der Waals surface area contributed by atoms with Gasteiger partial charge in [0.15, 0.2) is 0 Å². The Hall–Kier alpha value is -0.500. The Morgan fingerprint density at radius 1 is 1.43 bits per heavy atom. The van der Waals surface area contributed by atoms with Crippen molar-refractivity contribution >= 4 is 0 Å². The molecule has 2 heterocycles. The number of hydrogen-bond acceptors (Lipinski definition) is 2. The van der Waals surface area contributed by atoms with Crippen LogP contribution in [0.25, 0.3) is 0 Å². The first-order valence-electron chi connectivity index (χ1n) is 5.78. The highest BCUT2D eigenvalue weighted by molar-refractivity contribution is 4.97. The van der Waals surface area contributed by atoms with Crippen LogP contribution in [0.4, 0.5) is 0 Å². The zero-order chi connectivity index (χ0) is 9.80. The molecule has 2 aliphatic rings. The first-order valence-corrected chi connectivity index (χ1v) is 5.78. The van der Waals surface area contributed by atoms with E-state index in [0.717, 1.165) is 19.6 Å². The van der Waals surface area contributed by atoms with Crippen LogP contribution in [0.2, 0.25) is 0 Å². The Labute approximate surface area is 86.3 Å². The Bertz CT molecular complexity index is 202. The summed E-state index contributed by atoms with van der Waals surface area (Å²) in [6.07, 6.45) is 8.68. The highest BCUT2D eigenvalue weighted by Gasteiger charge is 2.20. The highest BCUT2D eigenvalue weighted by Crippen LogP contribution is 2.26. The van der Waals surface area contributed by atoms with E-state index in [4.69, 9.17) is 9.47 Å². The van der Waals surface area contributed by atoms with E-state index in [2.05, 4.69) is 13.0 Å². The van der Waals surface area contributed by atoms with E-state index in [1.807, 2.05) is 0 Å². The summed E-state index contributed by atoms with van der Waals surface area (Å²) >= 11 is 0. The number of rotatable bonds is 2. The molecule has 0 aromatic heterocycles. The topological polar surface area (TPSA) is 18.5 Å². The molecule has 0 saturated carbocycles. The summed E-state index contributed by atoms with van der Waals surface area (Å²) < 4.78 is 11.3. The summed E-state index contributed by atoms with van der Waals surface area (Å²) in [5, 5.41) is 0. The van der Waals surface area contributed by atoms with E-state index in [0.29, 0.717) is 12.0 Å². The second-order valence-electron chi connectivity index (χ2n) is 4.45. The van der Waals surface area contributed by atoms with Gasteiger partial charge in [0.05, 0.1) is 25.1 Å². The van der Waals surface area contributed by atoms with Crippen molar-refractivity contribution in [1.82, 2.24) is 0 Å². The lowest BCUT2D eigenvalue weighted by Crippen LogP contribution is -2.24. The molecule has 0 aliphatic carbocycles. The Morgan fingerprint density at radius 2 is 2.36 bits per heavy atom. The number of hydrogen-bond donors (Lipinski definition) is 0. The summed E-state index contributed by atoms with van der Waals surface area (Å²) in [6, 6.07) is 0. The summed E-state index contributed by atoms with van der Waals surface area (Å²) in [5.41, 5.74) is 0. The van der Waals surface area contributed by atoms with Crippen molar-refractivity contribution in [3.8, 4) is 0 Å². The van der Waals surface area contributed by atoms with E-state index in [-0.39, 0.29) is 0 Å². The Morgan fingerprint density at radius 3 is 3.00 bits per heavy atom. The van der Waals surface area contributed by atoms with Crippen molar-refractivity contribution in [1.29, 1.82) is 0 Å². The minimum absolute atomic E-state index is 0.465. The van der Waals surface area contributed by atoms with E-state index in [1.54, 1.807) is 0 Å². The van der Waals surface area contributed by atoms with Gasteiger partial charge in [-0.2, -0.15) is 0 Å². The first-order chi connectivity index (χ1) is 6.84. The van der Waals surface area contributed by atoms with Crippen LogP contribution in [0.5, 0.6) is 0 Å². The zero-order valence-electron chi connectivity index (χ0n) is 9.00. The SMILES string of the molecule is CC1CCC(CC2=CCCCO2)CO1. The van der Waals surface area contributed by atoms with Gasteiger partial charge in [0.25, 0.3) is 0 Å². The van der Waals surface area contributed by atoms with Crippen LogP contribution in [0.1, 0.15) is 39.0 Å². The standard InChI is InChI=1S/C12H20O2/c1-10-5-6-11(9-14-10)8-12-4-2-3-7-13-12/h4,10-11H,2-3,5-9H2,1H3. The van der Waals surface area contributed by atoms with E-state index in [9.17, 15) is 0 Å². The maximum absolute atomic E-state index is 5.65. The molecule has 2 aliphatic heterocycles. The molecule has 0 N–H and O–H groups in total. The van der Waals surface area contributed by atoms with Gasteiger partial charge in [0, 0.05) is 6.42 Å². The average Bonchev–Trinajstić information content (AvgIpc) is 2.23. The van der Waals surface area contributed by atoms with Crippen LogP contribution in [0, 0.1) is 5.92 Å². The third-order valence-corrected chi connectivity index (χ3v) is 3.10. The molecule has 1 saturated heterocycles. The molecule has 0 radical (unpaired) electrons. The maximum Gasteiger partial charge on any atom is 0.0923 e. The van der Waals surface area contributed by atoms with Crippen molar-refractivity contribution < 1.29 is 9.47 Å². The van der Waals surface area contributed by atoms with Crippen molar-refractivity contribution in [2.75, 3.05) is 13.2 Å². The highest BCUT2D eigenvalue weighted by atomic mass is 16.5. The predicted octanol–water partition coefficient (Wildman–Crippen LogP) is 2.89. The van der Waals surface area contributed by atoms with Crippen LogP contribution < -0.4 is 0 Å². The van der Waals surface area contributed by atoms with Crippen LogP contribution in [0.15, 0.2) is 11.8 Å². The van der Waals surface area contributed by atoms with E-state index >= 15 is 0 Å². The average molecular weight is 196 g/mol. The third kappa shape index (κ3) is 2.74. The van der Waals surface area contributed by atoms with Crippen molar-refractivity contribution in [3.05, 3.63) is 11.8 Å². The zero-order valence-corrected chi connectivity index (χ0v) is 9.00. The molecule has 80 valence electrons. The van der Waals surface area contributed by atoms with Crippen molar-refractivity contribution in [3.63, 3.8) is 0 Å². The lowest BCUT2D eigenvalue weighted by atomic mass is 9.94. The second kappa shape index (κ2) is 4.83. The molecule has 0 spiro atoms. The van der Waals surface area contributed by atoms with Gasteiger partial charge in [-0.3, -0.25) is 0 Å². The Kier molecular flexibility index (Phi) is 3.46. The molecule has 0 aromatic carbocycles. The van der Waals surface area contributed by atoms with Crippen LogP contribution >= 0.6 is 0 Å². The van der Waals surface area contributed by atoms with Gasteiger partial charge < -0.3 is 9.47 Å². The molecule has 2 atom stereocenters. The van der Waals surface area contributed by atoms with Crippen LogP contribution in [0.3, 0.4) is 0 Å². The molecule has 0 bridgehead atoms. The smallest absolute Gasteiger partial charge is 0.0923 e. The molecule has 2 nitrogen and oxygen atoms in total. The molecule has 2 unspecified atom stereocenters. The lowest BCUT2D eigenvalue weighted by Gasteiger charge is -2.28. The normalized spacial score (nSPS) is 33.4. The van der Waals surface area contributed by atoms with Gasteiger partial charge in [0.2, 0.25) is 0 Å². The quantitative estimate of drug-likeness (QED) is 0.676. The second-order valence-corrected chi connectivity index (χ2v) is 4.45. The molecular formula is C12H20O2. The number of allylic oxidation sites excluding steroid dienone is 2. The van der Waals surface area contributed by atoms with Gasteiger partial charge in [-0.25, -0.2) is 0 Å². The third-order valence-electron chi connectivity index (χ3n) is 3.10. The van der Waals surface area contributed by atoms with Gasteiger partial charge in [0.1, 0.15) is 0 Å². The fraction of sp³-hybridized carbons (Fsp3) is 0.833. The predicted molar refractivity (Wildman–Crippen MR) is 56.0 cm³/mol. The Balaban J connectivity index is 1.77. The molecule has 1 fully saturated rings. The van der Waals surface area contributed by atoms with Gasteiger partial charge >= 0.3 is 0 Å². The van der Waals surface area contributed by atoms with Crippen molar-refractivity contribution in [2.45, 2.75) is 45.1 Å². The van der Waals surface area contributed by atoms with Gasteiger partial charge in [-0.1, -0.05) is 0 Å². The van der Waals surface area contributed by atoms with Gasteiger partial charge in [-0.05, 0) is 44.6 Å². The minimum atomic E-state index is 0.465. The summed E-state index contributed by atoms with van der Waals surface area (Å²) in [4.78, 5) is 0. The summed E-state index contributed by atoms with van der Waals surface area (Å²) in [7, 11) is 0. The molecule has 0 aromatic rings. The maximum atomic E-state index is 5.65. The molecule has 14 heavy (non-hydrogen) atoms. The molecule has 2 rings (SSSR count). The van der Waals surface area contributed by atoms with Crippen LogP contribution in [-0.4, -0.2) is 19.3 Å². The molecule has 2 heteroatoms. The molecule has 0 amide bonds. The van der Waals surface area contributed by atoms with Gasteiger partial charge in [-0.15, -0.1) is 0 Å². The van der Waals surface area contributed by atoms with E-state index < -0.39 is 0 Å². The lowest BCUT2D eigenvalue weighted by molar-refractivity contribution is -0.00919. The first kappa shape index (κ1) is 10.0. The molecular weight excluding hydrogens is 176 g/mol. The fourth-order valence-electron chi connectivity index (χ4n) is 2.13. The largest absolute Gasteiger partial charge is 0.498 e. The summed E-state index contributed by atoms with van der Waals surface area (Å²) in [5.74, 6) is 1.90. The fourth-order valence-corrected chi connectivity index (χ4v) is 2.13. The van der Waals surface area contributed by atoms with Crippen LogP contribution in [-0.2, 0) is 9.47 Å². The van der Waals surface area contributed by atoms with E-state index in [1.165, 1.54) is 31.4 Å². The number of ether oxygens (including phenoxy) is 2. The van der Waals surface area contributed by atoms with Crippen molar-refractivity contribution in [2.24, 2.45) is 5.92 Å². The monoisotopic (exact) mass is 196 g/mol. The summed E-state index contributed by atoms with van der Waals surface area (Å²) in [6.45, 7) is 3.99.